The van der Waals surface area contributed by atoms with Gasteiger partial charge in [0.2, 0.25) is 0 Å². The third-order valence-corrected chi connectivity index (χ3v) is 1.66. The Hall–Kier alpha value is -1.03. The Morgan fingerprint density at radius 1 is 1.67 bits per heavy atom. The van der Waals surface area contributed by atoms with Gasteiger partial charge in [0.05, 0.1) is 5.69 Å². The van der Waals surface area contributed by atoms with Crippen molar-refractivity contribution in [3.63, 3.8) is 0 Å². The van der Waals surface area contributed by atoms with Crippen LogP contribution in [0.4, 0.5) is 5.82 Å². The number of nitrogens with one attached hydrogen (secondary N) is 1. The van der Waals surface area contributed by atoms with Crippen molar-refractivity contribution in [2.24, 2.45) is 7.05 Å². The predicted molar refractivity (Wildman–Crippen MR) is 49.6 cm³/mol. The van der Waals surface area contributed by atoms with Gasteiger partial charge in [-0.25, -0.2) is 0 Å². The Morgan fingerprint density at radius 3 is 2.75 bits per heavy atom. The Morgan fingerprint density at radius 2 is 2.33 bits per heavy atom. The molecule has 0 unspecified atom stereocenters. The van der Waals surface area contributed by atoms with Crippen LogP contribution in [-0.4, -0.2) is 15.8 Å². The molecule has 0 aliphatic rings. The zero-order valence-electron chi connectivity index (χ0n) is 7.83. The number of anilines is 1. The maximum absolute atomic E-state index is 5.62. The second-order valence-corrected chi connectivity index (χ2v) is 3.22. The summed E-state index contributed by atoms with van der Waals surface area (Å²) in [5.41, 5.74) is 6.61. The minimum absolute atomic E-state index is 0.480. The highest BCUT2D eigenvalue weighted by Gasteiger charge is 2.01. The molecule has 0 saturated heterocycles. The maximum Gasteiger partial charge on any atom is 0.121 e. The quantitative estimate of drug-likeness (QED) is 0.691. The molecule has 1 aromatic rings. The fraction of sp³-hybridized carbons (Fsp3) is 0.625. The number of aryl methyl sites for hydroxylation is 1. The number of hydrogen-bond donors (Lipinski definition) is 2. The molecule has 0 spiro atoms. The molecular weight excluding hydrogens is 152 g/mol. The van der Waals surface area contributed by atoms with Crippen molar-refractivity contribution in [1.29, 1.82) is 0 Å². The lowest BCUT2D eigenvalue weighted by Crippen LogP contribution is -2.22. The topological polar surface area (TPSA) is 55.9 Å². The molecule has 0 bridgehead atoms. The van der Waals surface area contributed by atoms with Crippen molar-refractivity contribution in [1.82, 2.24) is 15.1 Å². The third kappa shape index (κ3) is 2.23. The van der Waals surface area contributed by atoms with Crippen LogP contribution in [0.25, 0.3) is 0 Å². The third-order valence-electron chi connectivity index (χ3n) is 1.66. The second-order valence-electron chi connectivity index (χ2n) is 3.22. The van der Waals surface area contributed by atoms with Crippen molar-refractivity contribution in [2.75, 3.05) is 5.73 Å². The molecule has 0 aromatic carbocycles. The first-order valence-electron chi connectivity index (χ1n) is 4.11. The number of rotatable bonds is 3. The van der Waals surface area contributed by atoms with Gasteiger partial charge in [-0.3, -0.25) is 4.68 Å². The van der Waals surface area contributed by atoms with E-state index < -0.39 is 0 Å². The van der Waals surface area contributed by atoms with Crippen LogP contribution < -0.4 is 11.1 Å². The molecule has 4 heteroatoms. The van der Waals surface area contributed by atoms with Gasteiger partial charge >= 0.3 is 0 Å². The molecule has 0 amide bonds. The molecule has 12 heavy (non-hydrogen) atoms. The van der Waals surface area contributed by atoms with Crippen LogP contribution in [0.5, 0.6) is 0 Å². The molecule has 0 atom stereocenters. The van der Waals surface area contributed by atoms with Gasteiger partial charge in [0.1, 0.15) is 5.82 Å². The first-order valence-corrected chi connectivity index (χ1v) is 4.11. The molecule has 0 fully saturated rings. The summed E-state index contributed by atoms with van der Waals surface area (Å²) < 4.78 is 1.68. The summed E-state index contributed by atoms with van der Waals surface area (Å²) in [5.74, 6) is 0.704. The van der Waals surface area contributed by atoms with E-state index in [0.29, 0.717) is 11.9 Å². The maximum atomic E-state index is 5.62. The van der Waals surface area contributed by atoms with E-state index in [4.69, 9.17) is 5.73 Å². The van der Waals surface area contributed by atoms with Gasteiger partial charge in [0, 0.05) is 25.7 Å². The fourth-order valence-electron chi connectivity index (χ4n) is 0.938. The zero-order valence-corrected chi connectivity index (χ0v) is 7.83. The largest absolute Gasteiger partial charge is 0.384 e. The van der Waals surface area contributed by atoms with Crippen LogP contribution in [0, 0.1) is 0 Å². The molecule has 0 saturated carbocycles. The highest BCUT2D eigenvalue weighted by atomic mass is 15.3. The number of nitrogens with zero attached hydrogens (tertiary/aromatic N) is 2. The van der Waals surface area contributed by atoms with Crippen LogP contribution in [-0.2, 0) is 13.6 Å². The number of aromatic nitrogens is 2. The molecule has 1 rings (SSSR count). The highest BCUT2D eigenvalue weighted by Crippen LogP contribution is 2.03. The summed E-state index contributed by atoms with van der Waals surface area (Å²) in [5, 5.41) is 7.48. The van der Waals surface area contributed by atoms with Gasteiger partial charge in [-0.1, -0.05) is 13.8 Å². The standard InChI is InChI=1S/C8H16N4/c1-6(2)10-5-7-4-8(9)12(3)11-7/h4,6,10H,5,9H2,1-3H3. The van der Waals surface area contributed by atoms with E-state index in [-0.39, 0.29) is 0 Å². The van der Waals surface area contributed by atoms with Crippen molar-refractivity contribution < 1.29 is 0 Å². The van der Waals surface area contributed by atoms with Gasteiger partial charge < -0.3 is 11.1 Å². The van der Waals surface area contributed by atoms with Crippen LogP contribution in [0.15, 0.2) is 6.07 Å². The average molecular weight is 168 g/mol. The van der Waals surface area contributed by atoms with Crippen LogP contribution in [0.2, 0.25) is 0 Å². The second kappa shape index (κ2) is 3.58. The molecule has 1 aromatic heterocycles. The summed E-state index contributed by atoms with van der Waals surface area (Å²) in [6.45, 7) is 4.99. The number of nitrogens with two attached hydrogens (primary N) is 1. The molecule has 0 radical (unpaired) electrons. The SMILES string of the molecule is CC(C)NCc1cc(N)n(C)n1. The molecule has 0 aliphatic heterocycles. The first-order chi connectivity index (χ1) is 5.59. The Balaban J connectivity index is 2.53. The summed E-state index contributed by atoms with van der Waals surface area (Å²) in [6.07, 6.45) is 0. The van der Waals surface area contributed by atoms with E-state index in [1.54, 1.807) is 4.68 Å². The van der Waals surface area contributed by atoms with Crippen LogP contribution >= 0.6 is 0 Å². The van der Waals surface area contributed by atoms with Crippen molar-refractivity contribution >= 4 is 5.82 Å². The van der Waals surface area contributed by atoms with E-state index in [9.17, 15) is 0 Å². The minimum Gasteiger partial charge on any atom is -0.384 e. The predicted octanol–water partition coefficient (Wildman–Crippen LogP) is 0.500. The van der Waals surface area contributed by atoms with E-state index in [1.165, 1.54) is 0 Å². The van der Waals surface area contributed by atoms with E-state index in [1.807, 2.05) is 13.1 Å². The van der Waals surface area contributed by atoms with Crippen molar-refractivity contribution in [3.8, 4) is 0 Å². The zero-order chi connectivity index (χ0) is 9.14. The Kier molecular flexibility index (Phi) is 2.70. The summed E-state index contributed by atoms with van der Waals surface area (Å²) in [4.78, 5) is 0. The lowest BCUT2D eigenvalue weighted by atomic mass is 10.3. The van der Waals surface area contributed by atoms with Gasteiger partial charge in [0.25, 0.3) is 0 Å². The van der Waals surface area contributed by atoms with Gasteiger partial charge in [-0.2, -0.15) is 5.10 Å². The monoisotopic (exact) mass is 168 g/mol. The fourth-order valence-corrected chi connectivity index (χ4v) is 0.938. The molecule has 3 N–H and O–H groups in total. The van der Waals surface area contributed by atoms with Crippen LogP contribution in [0.3, 0.4) is 0 Å². The molecule has 68 valence electrons. The summed E-state index contributed by atoms with van der Waals surface area (Å²) >= 11 is 0. The van der Waals surface area contributed by atoms with Crippen molar-refractivity contribution in [2.45, 2.75) is 26.4 Å². The van der Waals surface area contributed by atoms with Gasteiger partial charge in [-0.05, 0) is 0 Å². The van der Waals surface area contributed by atoms with Crippen molar-refractivity contribution in [3.05, 3.63) is 11.8 Å². The molecule has 4 nitrogen and oxygen atoms in total. The average Bonchev–Trinajstić information content (AvgIpc) is 2.28. The first kappa shape index (κ1) is 9.06. The molecular formula is C8H16N4. The van der Waals surface area contributed by atoms with Gasteiger partial charge in [0.15, 0.2) is 0 Å². The summed E-state index contributed by atoms with van der Waals surface area (Å²) in [6, 6.07) is 2.36. The summed E-state index contributed by atoms with van der Waals surface area (Å²) in [7, 11) is 1.84. The smallest absolute Gasteiger partial charge is 0.121 e. The lowest BCUT2D eigenvalue weighted by molar-refractivity contribution is 0.575. The normalized spacial score (nSPS) is 11.0. The lowest BCUT2D eigenvalue weighted by Gasteiger charge is -2.04. The highest BCUT2D eigenvalue weighted by molar-refractivity contribution is 5.30. The number of hydrogen-bond acceptors (Lipinski definition) is 3. The van der Waals surface area contributed by atoms with E-state index in [2.05, 4.69) is 24.3 Å². The Bertz CT molecular complexity index is 232. The molecule has 1 heterocycles. The Labute approximate surface area is 72.8 Å². The van der Waals surface area contributed by atoms with E-state index in [0.717, 1.165) is 12.2 Å². The van der Waals surface area contributed by atoms with Crippen LogP contribution in [0.1, 0.15) is 19.5 Å². The minimum atomic E-state index is 0.480. The molecule has 0 aliphatic carbocycles. The number of nitrogen functional groups attached to an aromatic ring is 1. The van der Waals surface area contributed by atoms with E-state index >= 15 is 0 Å². The van der Waals surface area contributed by atoms with Gasteiger partial charge in [-0.15, -0.1) is 0 Å².